The Morgan fingerprint density at radius 1 is 0.225 bits per heavy atom. The molecule has 0 spiro atoms. The normalized spacial score (nSPS) is 21.9. The number of phenols is 17. The standard InChI is InChI=1S/C84H64O18/c85-44-13-1-36(2-14-44)64-69(42-25-50(91)29-51(92)26-42)76-60(99)34-61(100)78-73(54-30-52(93)32-58(97)71(54)66(80(64)82(76)78)38-5-17-46(87)18-6-38)68(40-9-21-48(89)22-10-40)75-56(95)27-43(28-57(75)96)70-65(37-3-15-45(86)16-4-37)81-67(39-7-19-47(88)20-8-39)72-55(31-53(94)33-59(72)98)74-79-63(35-62(101)77(70)83(79)81)102-84(74)41-11-23-49(90)24-12-41/h1-35,64-70,73-74,80-81,84-101H/t64-,65+,66-,67+,68+,69+,70-,73-,74-,80+,81+,84-/m1/s1. The van der Waals surface area contributed by atoms with Crippen LogP contribution >= 0.6 is 0 Å². The summed E-state index contributed by atoms with van der Waals surface area (Å²) in [6, 6.07) is 52.8. The van der Waals surface area contributed by atoms with Gasteiger partial charge in [0.1, 0.15) is 110 Å². The average molecular weight is 1360 g/mol. The van der Waals surface area contributed by atoms with E-state index < -0.39 is 106 Å². The molecule has 1 aliphatic heterocycles. The van der Waals surface area contributed by atoms with Crippen LogP contribution in [0.15, 0.2) is 212 Å². The van der Waals surface area contributed by atoms with E-state index in [9.17, 15) is 86.8 Å². The molecule has 0 bridgehead atoms. The predicted octanol–water partition coefficient (Wildman–Crippen LogP) is 15.2. The van der Waals surface area contributed by atoms with Crippen LogP contribution in [0.4, 0.5) is 0 Å². The first kappa shape index (κ1) is 62.6. The highest BCUT2D eigenvalue weighted by molar-refractivity contribution is 5.76. The van der Waals surface area contributed by atoms with Crippen LogP contribution in [0.1, 0.15) is 177 Å². The maximum absolute atomic E-state index is 13.7. The molecule has 0 saturated heterocycles. The van der Waals surface area contributed by atoms with Gasteiger partial charge in [0.25, 0.3) is 0 Å². The van der Waals surface area contributed by atoms with Crippen molar-refractivity contribution >= 4 is 0 Å². The molecule has 0 amide bonds. The second kappa shape index (κ2) is 23.1. The van der Waals surface area contributed by atoms with Gasteiger partial charge in [-0.15, -0.1) is 0 Å². The van der Waals surface area contributed by atoms with E-state index in [-0.39, 0.29) is 114 Å². The topological polar surface area (TPSA) is 353 Å². The summed E-state index contributed by atoms with van der Waals surface area (Å²) in [6.45, 7) is 0. The molecular weight excluding hydrogens is 1300 g/mol. The van der Waals surface area contributed by atoms with E-state index in [0.717, 1.165) is 18.2 Å². The van der Waals surface area contributed by atoms with E-state index in [1.807, 2.05) is 0 Å². The molecule has 17 N–H and O–H groups in total. The zero-order valence-electron chi connectivity index (χ0n) is 53.6. The molecule has 0 radical (unpaired) electrons. The maximum atomic E-state index is 13.7. The Bertz CT molecular complexity index is 5360. The molecule has 0 unspecified atom stereocenters. The summed E-state index contributed by atoms with van der Waals surface area (Å²) in [7, 11) is 0. The zero-order chi connectivity index (χ0) is 70.7. The third-order valence-corrected chi connectivity index (χ3v) is 22.1. The first-order valence-corrected chi connectivity index (χ1v) is 33.2. The minimum absolute atomic E-state index is 0.0157. The molecule has 17 rings (SSSR count). The Balaban J connectivity index is 0.949. The third kappa shape index (κ3) is 9.60. The van der Waals surface area contributed by atoms with Gasteiger partial charge in [0, 0.05) is 128 Å². The molecule has 18 nitrogen and oxygen atoms in total. The number of ether oxygens (including phenoxy) is 1. The number of hydrogen-bond donors (Lipinski definition) is 17. The highest BCUT2D eigenvalue weighted by Gasteiger charge is 2.58. The number of phenolic OH excluding ortho intramolecular Hbond substituents is 17. The molecule has 12 atom stereocenters. The smallest absolute Gasteiger partial charge is 0.135 e. The Labute approximate surface area is 581 Å². The van der Waals surface area contributed by atoms with Crippen LogP contribution < -0.4 is 4.74 Å². The summed E-state index contributed by atoms with van der Waals surface area (Å²) >= 11 is 0. The fourth-order valence-electron chi connectivity index (χ4n) is 18.5. The lowest BCUT2D eigenvalue weighted by molar-refractivity contribution is 0.221. The monoisotopic (exact) mass is 1360 g/mol. The molecule has 12 aromatic carbocycles. The fourth-order valence-corrected chi connectivity index (χ4v) is 18.5. The van der Waals surface area contributed by atoms with Gasteiger partial charge in [-0.2, -0.15) is 0 Å². The number of aromatic hydroxyl groups is 17. The summed E-state index contributed by atoms with van der Waals surface area (Å²) in [4.78, 5) is 0. The number of fused-ring (bicyclic) bond motifs is 3. The summed E-state index contributed by atoms with van der Waals surface area (Å²) < 4.78 is 6.95. The van der Waals surface area contributed by atoms with Gasteiger partial charge in [0.15, 0.2) is 0 Å². The first-order valence-electron chi connectivity index (χ1n) is 33.2. The summed E-state index contributed by atoms with van der Waals surface area (Å²) in [5.74, 6) is -16.1. The first-order chi connectivity index (χ1) is 49.1. The second-order valence-corrected chi connectivity index (χ2v) is 27.5. The lowest BCUT2D eigenvalue weighted by atomic mass is 9.68. The Hall–Kier alpha value is -13.0. The highest BCUT2D eigenvalue weighted by atomic mass is 16.5. The molecule has 12 aromatic rings. The van der Waals surface area contributed by atoms with E-state index >= 15 is 0 Å². The SMILES string of the molecule is Oc1ccc([C@H](c2c(O)cc([C@H]3c4c(O)cc5c6c4[C@H]([C@@H](c4ccc(O)cc4)c4c(O)cc(O)cc4[C@H]6[C@@H](c4ccc(O)cc4)O5)[C@H]3c3ccc(O)cc3)cc2O)[C@H]2c3cc(O)cc(O)c3[C@@H](c3ccc(O)cc3)[C@H]3c4c2c(O)cc(O)c4[C@@H](c2cc(O)cc(O)c2)[C@H]3c2ccc(O)cc2)cc1. The van der Waals surface area contributed by atoms with E-state index in [2.05, 4.69) is 0 Å². The van der Waals surface area contributed by atoms with Crippen LogP contribution in [-0.4, -0.2) is 86.8 Å². The van der Waals surface area contributed by atoms with Crippen molar-refractivity contribution in [2.45, 2.75) is 71.2 Å². The van der Waals surface area contributed by atoms with Gasteiger partial charge < -0.3 is 91.5 Å². The van der Waals surface area contributed by atoms with Crippen LogP contribution in [0.3, 0.4) is 0 Å². The van der Waals surface area contributed by atoms with Crippen LogP contribution in [0.25, 0.3) is 0 Å². The quantitative estimate of drug-likeness (QED) is 0.0605. The molecule has 5 aliphatic rings. The van der Waals surface area contributed by atoms with E-state index in [1.54, 1.807) is 78.9 Å². The predicted molar refractivity (Wildman–Crippen MR) is 373 cm³/mol. The van der Waals surface area contributed by atoms with Crippen molar-refractivity contribution in [1.82, 2.24) is 0 Å². The Kier molecular flexibility index (Phi) is 14.1. The number of benzene rings is 12. The van der Waals surface area contributed by atoms with Gasteiger partial charge in [0.2, 0.25) is 0 Å². The third-order valence-electron chi connectivity index (χ3n) is 22.1. The van der Waals surface area contributed by atoms with Crippen molar-refractivity contribution in [1.29, 1.82) is 0 Å². The van der Waals surface area contributed by atoms with Crippen LogP contribution in [0, 0.1) is 0 Å². The molecule has 0 aromatic heterocycles. The fraction of sp³-hybridized carbons (Fsp3) is 0.143. The van der Waals surface area contributed by atoms with Crippen molar-refractivity contribution < 1.29 is 91.5 Å². The summed E-state index contributed by atoms with van der Waals surface area (Å²) in [6.07, 6.45) is -0.899. The van der Waals surface area contributed by atoms with Crippen molar-refractivity contribution in [3.63, 3.8) is 0 Å². The molecule has 18 heteroatoms. The number of hydrogen-bond acceptors (Lipinski definition) is 18. The van der Waals surface area contributed by atoms with Gasteiger partial charge >= 0.3 is 0 Å². The van der Waals surface area contributed by atoms with Crippen molar-refractivity contribution in [2.24, 2.45) is 0 Å². The average Bonchev–Trinajstić information content (AvgIpc) is 1.53. The molecule has 0 fully saturated rings. The molecule has 508 valence electrons. The summed E-state index contributed by atoms with van der Waals surface area (Å²) in [5.41, 5.74) is 6.62. The maximum Gasteiger partial charge on any atom is 0.135 e. The second-order valence-electron chi connectivity index (χ2n) is 27.5. The van der Waals surface area contributed by atoms with Gasteiger partial charge in [-0.05, 0) is 176 Å². The van der Waals surface area contributed by atoms with Crippen molar-refractivity contribution in [2.75, 3.05) is 0 Å². The lowest BCUT2D eigenvalue weighted by Gasteiger charge is -2.35. The van der Waals surface area contributed by atoms with Crippen molar-refractivity contribution in [3.05, 3.63) is 318 Å². The zero-order valence-corrected chi connectivity index (χ0v) is 53.6. The van der Waals surface area contributed by atoms with Crippen LogP contribution in [0.5, 0.6) is 103 Å². The van der Waals surface area contributed by atoms with Gasteiger partial charge in [-0.1, -0.05) is 72.8 Å². The number of rotatable bonds is 10. The lowest BCUT2D eigenvalue weighted by Crippen LogP contribution is -2.21. The molecule has 0 saturated carbocycles. The van der Waals surface area contributed by atoms with Crippen molar-refractivity contribution in [3.8, 4) is 103 Å². The molecule has 102 heavy (non-hydrogen) atoms. The van der Waals surface area contributed by atoms with E-state index in [0.29, 0.717) is 61.2 Å². The van der Waals surface area contributed by atoms with E-state index in [4.69, 9.17) is 4.74 Å². The van der Waals surface area contributed by atoms with Gasteiger partial charge in [-0.25, -0.2) is 0 Å². The Morgan fingerprint density at radius 3 is 1.05 bits per heavy atom. The van der Waals surface area contributed by atoms with Crippen LogP contribution in [0.2, 0.25) is 0 Å². The van der Waals surface area contributed by atoms with Gasteiger partial charge in [0.05, 0.1) is 5.92 Å². The Morgan fingerprint density at radius 2 is 0.578 bits per heavy atom. The molecule has 1 heterocycles. The summed E-state index contributed by atoms with van der Waals surface area (Å²) in [5, 5.41) is 204. The molecule has 4 aliphatic carbocycles. The van der Waals surface area contributed by atoms with E-state index in [1.165, 1.54) is 115 Å². The largest absolute Gasteiger partial charge is 0.508 e. The molecular formula is C84H64O18. The minimum Gasteiger partial charge on any atom is -0.508 e. The highest BCUT2D eigenvalue weighted by Crippen LogP contribution is 2.73. The van der Waals surface area contributed by atoms with Gasteiger partial charge in [-0.3, -0.25) is 0 Å². The van der Waals surface area contributed by atoms with Crippen LogP contribution in [-0.2, 0) is 0 Å². The minimum atomic E-state index is -1.46.